The third-order valence-electron chi connectivity index (χ3n) is 20.2. The monoisotopic (exact) mass is 1660 g/mol. The van der Waals surface area contributed by atoms with E-state index in [1.54, 1.807) is 159 Å². The minimum atomic E-state index is -0.648. The lowest BCUT2D eigenvalue weighted by molar-refractivity contribution is -0.119. The topological polar surface area (TPSA) is 431 Å². The second kappa shape index (κ2) is 40.1. The van der Waals surface area contributed by atoms with Gasteiger partial charge in [-0.15, -0.1) is 0 Å². The van der Waals surface area contributed by atoms with E-state index in [1.165, 1.54) is 68.0 Å². The number of aryl methyl sites for hydroxylation is 10. The van der Waals surface area contributed by atoms with Crippen molar-refractivity contribution in [1.82, 2.24) is 76.2 Å². The highest BCUT2D eigenvalue weighted by Gasteiger charge is 2.27. The Morgan fingerprint density at radius 3 is 1.24 bits per heavy atom. The van der Waals surface area contributed by atoms with Gasteiger partial charge in [-0.3, -0.25) is 71.9 Å². The van der Waals surface area contributed by atoms with Gasteiger partial charge in [0.05, 0.1) is 64.1 Å². The van der Waals surface area contributed by atoms with Gasteiger partial charge in [-0.25, -0.2) is 15.0 Å². The average molecular weight is 1660 g/mol. The standard InChI is InChI=1S/C85H103N21O15/c1-51(107)88-56-36-69(102(9)44-56)83(119)92-58-38-68(100(7)46-58)82(118)87-27-25-77(116)89-57-37-70(103(10)45-57)84(120)95-76-50-106(13)80(94-76)85(121)93-59-39-67(101(8)47-59)81(117)86-26-18-22-62(109)29-52-30-65(98(5)41-52)73(113)34-54-32-66(99(6)43-54)74(114)33-53-31-64(97(4)42-53)71(111)23-17-21-63(110)35-55-48-105(12)79(90-55)75(115)40-60-49-104(11)78(91-60)72(112)24-16-20-61(108)19-14-15-28-96(2)3/h30-32,36-39,41-50H,14-29,33-35,40H2,1-13H3,(H,86,117)(H,87,118)(H,88,107)(H,89,116)(H,92,119)(H,93,121)(H,95,120). The first-order chi connectivity index (χ1) is 57.4. The molecule has 7 amide bonds. The second-order valence-corrected chi connectivity index (χ2v) is 30.9. The quantitative estimate of drug-likeness (QED) is 0.0147. The zero-order chi connectivity index (χ0) is 87.8. The van der Waals surface area contributed by atoms with Gasteiger partial charge in [0.1, 0.15) is 40.1 Å². The summed E-state index contributed by atoms with van der Waals surface area (Å²) in [5.74, 6) is -4.48. The largest absolute Gasteiger partial charge is 0.351 e. The molecule has 0 bridgehead atoms. The summed E-state index contributed by atoms with van der Waals surface area (Å²) in [6, 6.07) is 10.9. The van der Waals surface area contributed by atoms with Gasteiger partial charge >= 0.3 is 0 Å². The molecule has 0 aliphatic carbocycles. The van der Waals surface area contributed by atoms with Crippen molar-refractivity contribution < 1.29 is 71.9 Å². The summed E-state index contributed by atoms with van der Waals surface area (Å²) in [4.78, 5) is 212. The Balaban J connectivity index is 0.598. The summed E-state index contributed by atoms with van der Waals surface area (Å²) in [5.41, 5.74) is 5.94. The van der Waals surface area contributed by atoms with E-state index < -0.39 is 35.4 Å². The van der Waals surface area contributed by atoms with Gasteiger partial charge in [-0.05, 0) is 112 Å². The molecule has 121 heavy (non-hydrogen) atoms. The third kappa shape index (κ3) is 24.2. The van der Waals surface area contributed by atoms with E-state index in [4.69, 9.17) is 0 Å². The number of unbranched alkanes of at least 4 members (excludes halogenated alkanes) is 1. The highest BCUT2D eigenvalue weighted by atomic mass is 16.2. The molecule has 0 unspecified atom stereocenters. The average Bonchev–Trinajstić information content (AvgIpc) is 1.69. The van der Waals surface area contributed by atoms with Crippen LogP contribution in [0.15, 0.2) is 104 Å². The molecule has 0 radical (unpaired) electrons. The molecule has 36 nitrogen and oxygen atoms in total. The molecule has 0 saturated carbocycles. The minimum Gasteiger partial charge on any atom is -0.351 e. The maximum absolute atomic E-state index is 13.8. The molecule has 36 heteroatoms. The van der Waals surface area contributed by atoms with Crippen LogP contribution >= 0.6 is 0 Å². The van der Waals surface area contributed by atoms with Crippen molar-refractivity contribution in [2.75, 3.05) is 60.3 Å². The minimum absolute atomic E-state index is 0.0239. The van der Waals surface area contributed by atoms with Crippen LogP contribution in [0.25, 0.3) is 0 Å². The zero-order valence-corrected chi connectivity index (χ0v) is 70.3. The van der Waals surface area contributed by atoms with E-state index in [2.05, 4.69) is 57.1 Å². The Labute approximate surface area is 697 Å². The van der Waals surface area contributed by atoms with E-state index in [0.717, 1.165) is 19.4 Å². The summed E-state index contributed by atoms with van der Waals surface area (Å²) in [7, 11) is 20.5. The number of hydrogen-bond donors (Lipinski definition) is 7. The summed E-state index contributed by atoms with van der Waals surface area (Å²) in [6.45, 7) is 2.39. The van der Waals surface area contributed by atoms with Crippen molar-refractivity contribution in [3.63, 3.8) is 0 Å². The number of carbonyl (C=O) groups excluding carboxylic acids is 15. The highest BCUT2D eigenvalue weighted by molar-refractivity contribution is 6.08. The van der Waals surface area contributed by atoms with E-state index >= 15 is 0 Å². The Hall–Kier alpha value is -13.8. The number of aromatic nitrogens is 13. The number of ketones is 8. The number of nitrogens with one attached hydrogen (secondary N) is 7. The molecule has 0 atom stereocenters. The SMILES string of the molecule is CC(=O)Nc1cc(C(=O)Nc2cc(C(=O)NCCC(=O)Nc3cc(C(=O)Nc4cn(C)c(C(=O)Nc5cc(C(=O)NCCCC(=O)Cc6cc(C(=O)Cc7cc(C(=O)Cc8cc(C(=O)CCCC(=O)Cc9cn(C)c(C(=O)Cc%10cn(C)c(C(=O)CCCC(=O)CCCCN(C)C)n%10)n9)n(C)c8)n(C)c7)n(C)c6)n(C)c5)n4)n(C)c3)n(C)c2)n(C)c1. The predicted octanol–water partition coefficient (Wildman–Crippen LogP) is 7.15. The number of carbonyl (C=O) groups is 15. The van der Waals surface area contributed by atoms with Crippen LogP contribution in [-0.2, 0) is 127 Å². The molecule has 7 N–H and O–H groups in total. The van der Waals surface area contributed by atoms with Crippen molar-refractivity contribution in [3.8, 4) is 0 Å². The van der Waals surface area contributed by atoms with E-state index in [-0.39, 0.29) is 188 Å². The van der Waals surface area contributed by atoms with Gasteiger partial charge in [-0.1, -0.05) is 0 Å². The first kappa shape index (κ1) is 89.5. The number of amides is 7. The summed E-state index contributed by atoms with van der Waals surface area (Å²) in [5, 5.41) is 19.0. The molecule has 10 aromatic rings. The Morgan fingerprint density at radius 1 is 0.306 bits per heavy atom. The fourth-order valence-corrected chi connectivity index (χ4v) is 14.3. The maximum atomic E-state index is 13.8. The van der Waals surface area contributed by atoms with E-state index in [1.807, 2.05) is 14.1 Å². The summed E-state index contributed by atoms with van der Waals surface area (Å²) >= 11 is 0. The number of rotatable bonds is 45. The van der Waals surface area contributed by atoms with Gasteiger partial charge in [0, 0.05) is 217 Å². The molecule has 10 heterocycles. The normalized spacial score (nSPS) is 11.3. The zero-order valence-electron chi connectivity index (χ0n) is 70.3. The van der Waals surface area contributed by atoms with Crippen LogP contribution in [0.5, 0.6) is 0 Å². The fourth-order valence-electron chi connectivity index (χ4n) is 14.3. The molecular weight excluding hydrogens is 1560 g/mol. The van der Waals surface area contributed by atoms with Crippen LogP contribution in [0, 0.1) is 0 Å². The first-order valence-corrected chi connectivity index (χ1v) is 39.6. The second-order valence-electron chi connectivity index (χ2n) is 30.9. The van der Waals surface area contributed by atoms with Gasteiger partial charge in [-0.2, -0.15) is 0 Å². The lowest BCUT2D eigenvalue weighted by Gasteiger charge is -2.08. The van der Waals surface area contributed by atoms with Crippen LogP contribution in [0.4, 0.5) is 28.6 Å². The van der Waals surface area contributed by atoms with E-state index in [9.17, 15) is 71.9 Å². The van der Waals surface area contributed by atoms with Crippen LogP contribution in [0.1, 0.15) is 217 Å². The van der Waals surface area contributed by atoms with Gasteiger partial charge in [0.2, 0.25) is 23.4 Å². The number of nitrogens with zero attached hydrogens (tertiary/aromatic N) is 14. The van der Waals surface area contributed by atoms with Gasteiger partial charge in [0.15, 0.2) is 40.6 Å². The van der Waals surface area contributed by atoms with Gasteiger partial charge < -0.3 is 87.8 Å². The van der Waals surface area contributed by atoms with Crippen molar-refractivity contribution in [3.05, 3.63) is 190 Å². The van der Waals surface area contributed by atoms with Crippen LogP contribution < -0.4 is 37.2 Å². The number of Topliss-reactive ketones (excluding diaryl/α,β-unsaturated/α-hetero) is 8. The molecule has 0 aromatic carbocycles. The maximum Gasteiger partial charge on any atom is 0.291 e. The number of anilines is 5. The predicted molar refractivity (Wildman–Crippen MR) is 448 cm³/mol. The van der Waals surface area contributed by atoms with Crippen molar-refractivity contribution in [2.24, 2.45) is 70.5 Å². The Morgan fingerprint density at radius 2 is 0.711 bits per heavy atom. The third-order valence-corrected chi connectivity index (χ3v) is 20.2. The number of hydrogen-bond acceptors (Lipinski definition) is 19. The molecule has 0 aliphatic rings. The first-order valence-electron chi connectivity index (χ1n) is 39.6. The van der Waals surface area contributed by atoms with Crippen molar-refractivity contribution in [2.45, 2.75) is 116 Å². The molecule has 638 valence electrons. The molecule has 0 saturated heterocycles. The fraction of sp³-hybridized carbons (Fsp3) is 0.388. The number of imidazole rings is 3. The smallest absolute Gasteiger partial charge is 0.291 e. The molecule has 0 spiro atoms. The highest BCUT2D eigenvalue weighted by Crippen LogP contribution is 2.24. The Kier molecular flexibility index (Phi) is 29.7. The molecular formula is C85H103N21O15. The van der Waals surface area contributed by atoms with Crippen LogP contribution in [-0.4, -0.2) is 187 Å². The lowest BCUT2D eigenvalue weighted by Crippen LogP contribution is -2.28. The van der Waals surface area contributed by atoms with E-state index in [0.29, 0.717) is 87.9 Å². The molecule has 0 aliphatic heterocycles. The van der Waals surface area contributed by atoms with Gasteiger partial charge in [0.25, 0.3) is 29.5 Å². The lowest BCUT2D eigenvalue weighted by atomic mass is 10.0. The molecule has 10 aromatic heterocycles. The molecule has 0 fully saturated rings. The van der Waals surface area contributed by atoms with Crippen LogP contribution in [0.2, 0.25) is 0 Å². The van der Waals surface area contributed by atoms with Crippen molar-refractivity contribution in [1.29, 1.82) is 0 Å². The molecule has 10 rings (SSSR count). The summed E-state index contributed by atoms with van der Waals surface area (Å²) in [6.07, 6.45) is 19.8. The van der Waals surface area contributed by atoms with Crippen LogP contribution in [0.3, 0.4) is 0 Å². The van der Waals surface area contributed by atoms with Crippen molar-refractivity contribution >= 4 is 116 Å². The Bertz CT molecular complexity index is 5660. The summed E-state index contributed by atoms with van der Waals surface area (Å²) < 4.78 is 15.6.